The van der Waals surface area contributed by atoms with E-state index in [1.807, 2.05) is 36.4 Å². The molecule has 1 aliphatic rings. The standard InChI is InChI=1S/C28H25BrFN3OS/c1-2-15-32-17-27(23-5-3-4-6-25(23)32)35-18-28(34)33-26(20-9-13-22(30)14-10-20)16-24(31-33)19-7-11-21(29)12-8-19/h3-14,17,26H,2,15-16,18H2,1H3. The highest BCUT2D eigenvalue weighted by Crippen LogP contribution is 2.35. The zero-order chi connectivity index (χ0) is 24.4. The van der Waals surface area contributed by atoms with E-state index in [1.165, 1.54) is 17.6 Å². The molecular weight excluding hydrogens is 525 g/mol. The number of carbonyl (C=O) groups excluding carboxylic acids is 1. The molecule has 1 aliphatic heterocycles. The number of rotatable bonds is 7. The average Bonchev–Trinajstić information content (AvgIpc) is 3.46. The number of fused-ring (bicyclic) bond motifs is 1. The number of nitrogens with zero attached hydrogens (tertiary/aromatic N) is 3. The summed E-state index contributed by atoms with van der Waals surface area (Å²) in [5, 5.41) is 7.50. The summed E-state index contributed by atoms with van der Waals surface area (Å²) >= 11 is 5.01. The quantitative estimate of drug-likeness (QED) is 0.225. The molecule has 0 radical (unpaired) electrons. The minimum Gasteiger partial charge on any atom is -0.346 e. The SMILES string of the molecule is CCCn1cc(SCC(=O)N2N=C(c3ccc(Br)cc3)CC2c2ccc(F)cc2)c2ccccc21. The summed E-state index contributed by atoms with van der Waals surface area (Å²) in [6.45, 7) is 3.10. The molecule has 35 heavy (non-hydrogen) atoms. The second-order valence-electron chi connectivity index (χ2n) is 8.56. The molecule has 3 aromatic carbocycles. The lowest BCUT2D eigenvalue weighted by Crippen LogP contribution is -2.28. The van der Waals surface area contributed by atoms with E-state index in [1.54, 1.807) is 28.9 Å². The van der Waals surface area contributed by atoms with E-state index >= 15 is 0 Å². The molecule has 0 bridgehead atoms. The molecule has 2 heterocycles. The van der Waals surface area contributed by atoms with Crippen molar-refractivity contribution in [3.05, 3.63) is 100 Å². The number of hydrazone groups is 1. The van der Waals surface area contributed by atoms with Crippen molar-refractivity contribution < 1.29 is 9.18 Å². The van der Waals surface area contributed by atoms with Crippen LogP contribution in [0.15, 0.2) is 93.5 Å². The van der Waals surface area contributed by atoms with Gasteiger partial charge in [-0.1, -0.05) is 65.3 Å². The van der Waals surface area contributed by atoms with Gasteiger partial charge in [0.2, 0.25) is 0 Å². The van der Waals surface area contributed by atoms with Gasteiger partial charge in [-0.2, -0.15) is 5.10 Å². The summed E-state index contributed by atoms with van der Waals surface area (Å²) in [5.41, 5.74) is 3.89. The van der Waals surface area contributed by atoms with Gasteiger partial charge in [0.05, 0.1) is 17.5 Å². The van der Waals surface area contributed by atoms with Crippen molar-refractivity contribution >= 4 is 50.2 Å². The number of aryl methyl sites for hydroxylation is 1. The Kier molecular flexibility index (Phi) is 7.07. The Bertz CT molecular complexity index is 1380. The van der Waals surface area contributed by atoms with Crippen LogP contribution < -0.4 is 0 Å². The van der Waals surface area contributed by atoms with Crippen molar-refractivity contribution in [2.75, 3.05) is 5.75 Å². The summed E-state index contributed by atoms with van der Waals surface area (Å²) in [6.07, 6.45) is 3.77. The van der Waals surface area contributed by atoms with Crippen LogP contribution in [0, 0.1) is 5.82 Å². The molecule has 1 atom stereocenters. The van der Waals surface area contributed by atoms with Crippen LogP contribution in [0.5, 0.6) is 0 Å². The van der Waals surface area contributed by atoms with Crippen LogP contribution in [-0.2, 0) is 11.3 Å². The second kappa shape index (κ2) is 10.4. The highest BCUT2D eigenvalue weighted by atomic mass is 79.9. The van der Waals surface area contributed by atoms with Gasteiger partial charge >= 0.3 is 0 Å². The summed E-state index contributed by atoms with van der Waals surface area (Å²) in [4.78, 5) is 14.6. The lowest BCUT2D eigenvalue weighted by Gasteiger charge is -2.22. The zero-order valence-electron chi connectivity index (χ0n) is 19.3. The van der Waals surface area contributed by atoms with Gasteiger partial charge in [0.15, 0.2) is 0 Å². The van der Waals surface area contributed by atoms with Crippen LogP contribution >= 0.6 is 27.7 Å². The first-order valence-electron chi connectivity index (χ1n) is 11.6. The third kappa shape index (κ3) is 5.07. The lowest BCUT2D eigenvalue weighted by molar-refractivity contribution is -0.130. The highest BCUT2D eigenvalue weighted by molar-refractivity contribution is 9.10. The number of thioether (sulfide) groups is 1. The van der Waals surface area contributed by atoms with Crippen LogP contribution in [0.3, 0.4) is 0 Å². The van der Waals surface area contributed by atoms with E-state index < -0.39 is 0 Å². The number of hydrogen-bond donors (Lipinski definition) is 0. The Morgan fingerprint density at radius 1 is 1.09 bits per heavy atom. The molecule has 0 spiro atoms. The Morgan fingerprint density at radius 2 is 1.83 bits per heavy atom. The molecule has 0 fully saturated rings. The van der Waals surface area contributed by atoms with Crippen molar-refractivity contribution in [2.45, 2.75) is 37.2 Å². The second-order valence-corrected chi connectivity index (χ2v) is 10.5. The van der Waals surface area contributed by atoms with Crippen molar-refractivity contribution in [2.24, 2.45) is 5.10 Å². The van der Waals surface area contributed by atoms with Gasteiger partial charge in [0, 0.05) is 39.4 Å². The molecule has 7 heteroatoms. The van der Waals surface area contributed by atoms with Gasteiger partial charge in [-0.05, 0) is 47.9 Å². The molecule has 4 aromatic rings. The molecule has 0 N–H and O–H groups in total. The molecule has 0 aliphatic carbocycles. The average molecular weight is 550 g/mol. The fourth-order valence-electron chi connectivity index (χ4n) is 4.46. The van der Waals surface area contributed by atoms with Crippen molar-refractivity contribution in [3.8, 4) is 0 Å². The third-order valence-electron chi connectivity index (χ3n) is 6.17. The number of halogens is 2. The number of carbonyl (C=O) groups is 1. The normalized spacial score (nSPS) is 15.6. The zero-order valence-corrected chi connectivity index (χ0v) is 21.7. The maximum Gasteiger partial charge on any atom is 0.253 e. The fraction of sp³-hybridized carbons (Fsp3) is 0.214. The molecule has 1 amide bonds. The summed E-state index contributed by atoms with van der Waals surface area (Å²) in [6, 6.07) is 22.3. The Balaban J connectivity index is 1.41. The number of hydrogen-bond acceptors (Lipinski definition) is 3. The Morgan fingerprint density at radius 3 is 2.57 bits per heavy atom. The van der Waals surface area contributed by atoms with Crippen molar-refractivity contribution in [1.29, 1.82) is 0 Å². The van der Waals surface area contributed by atoms with Gasteiger partial charge in [-0.15, -0.1) is 11.8 Å². The first-order valence-corrected chi connectivity index (χ1v) is 13.4. The van der Waals surface area contributed by atoms with Gasteiger partial charge < -0.3 is 4.57 Å². The predicted molar refractivity (Wildman–Crippen MR) is 144 cm³/mol. The van der Waals surface area contributed by atoms with E-state index in [9.17, 15) is 9.18 Å². The largest absolute Gasteiger partial charge is 0.346 e. The van der Waals surface area contributed by atoms with Gasteiger partial charge in [0.25, 0.3) is 5.91 Å². The highest BCUT2D eigenvalue weighted by Gasteiger charge is 2.33. The van der Waals surface area contributed by atoms with Crippen molar-refractivity contribution in [3.63, 3.8) is 0 Å². The summed E-state index contributed by atoms with van der Waals surface area (Å²) in [7, 11) is 0. The van der Waals surface area contributed by atoms with Crippen LogP contribution in [-0.4, -0.2) is 26.9 Å². The lowest BCUT2D eigenvalue weighted by atomic mass is 9.98. The van der Waals surface area contributed by atoms with Crippen LogP contribution in [0.4, 0.5) is 4.39 Å². The molecular formula is C28H25BrFN3OS. The first kappa shape index (κ1) is 23.8. The van der Waals surface area contributed by atoms with Gasteiger partial charge in [-0.3, -0.25) is 4.79 Å². The number of benzene rings is 3. The molecule has 0 saturated carbocycles. The Labute approximate surface area is 217 Å². The van der Waals surface area contributed by atoms with Crippen LogP contribution in [0.2, 0.25) is 0 Å². The van der Waals surface area contributed by atoms with Crippen LogP contribution in [0.25, 0.3) is 10.9 Å². The van der Waals surface area contributed by atoms with E-state index in [4.69, 9.17) is 5.10 Å². The van der Waals surface area contributed by atoms with Crippen LogP contribution in [0.1, 0.15) is 36.9 Å². The molecule has 178 valence electrons. The summed E-state index contributed by atoms with van der Waals surface area (Å²) < 4.78 is 16.8. The van der Waals surface area contributed by atoms with Gasteiger partial charge in [-0.25, -0.2) is 9.40 Å². The fourth-order valence-corrected chi connectivity index (χ4v) is 5.67. The predicted octanol–water partition coefficient (Wildman–Crippen LogP) is 7.42. The molecule has 0 saturated heterocycles. The van der Waals surface area contributed by atoms with E-state index in [-0.39, 0.29) is 23.5 Å². The summed E-state index contributed by atoms with van der Waals surface area (Å²) in [5.74, 6) is -0.0870. The first-order chi connectivity index (χ1) is 17.0. The number of aromatic nitrogens is 1. The third-order valence-corrected chi connectivity index (χ3v) is 7.72. The molecule has 5 rings (SSSR count). The maximum atomic E-state index is 13.6. The number of para-hydroxylation sites is 1. The maximum absolute atomic E-state index is 13.6. The molecule has 1 aromatic heterocycles. The van der Waals surface area contributed by atoms with Gasteiger partial charge in [0.1, 0.15) is 5.82 Å². The minimum atomic E-state index is -0.294. The minimum absolute atomic E-state index is 0.0660. The van der Waals surface area contributed by atoms with E-state index in [0.717, 1.165) is 44.6 Å². The monoisotopic (exact) mass is 549 g/mol. The smallest absolute Gasteiger partial charge is 0.253 e. The van der Waals surface area contributed by atoms with Crippen molar-refractivity contribution in [1.82, 2.24) is 9.58 Å². The molecule has 1 unspecified atom stereocenters. The topological polar surface area (TPSA) is 37.6 Å². The number of amides is 1. The van der Waals surface area contributed by atoms with E-state index in [0.29, 0.717) is 6.42 Å². The Hall–Kier alpha value is -2.90. The molecule has 4 nitrogen and oxygen atoms in total. The van der Waals surface area contributed by atoms with E-state index in [2.05, 4.69) is 45.8 Å².